The lowest BCUT2D eigenvalue weighted by Gasteiger charge is -2.24. The van der Waals surface area contributed by atoms with Crippen LogP contribution in [0, 0.1) is 0 Å². The summed E-state index contributed by atoms with van der Waals surface area (Å²) in [7, 11) is 1.67. The Morgan fingerprint density at radius 3 is 1.44 bits per heavy atom. The highest BCUT2D eigenvalue weighted by Crippen LogP contribution is 2.43. The minimum absolute atomic E-state index is 0.0899. The number of phosphoric ester groups is 1. The lowest BCUT2D eigenvalue weighted by Crippen LogP contribution is -2.37. The van der Waals surface area contributed by atoms with Crippen LogP contribution in [0.25, 0.3) is 0 Å². The van der Waals surface area contributed by atoms with Crippen molar-refractivity contribution in [1.82, 2.24) is 0 Å². The SMILES string of the molecule is CCCCCCCCCCCCCCCCCCCCCCCOCC(COP(=O)(O)OCC[N+](C)(C)C)OC(=O)CC. The zero-order chi connectivity index (χ0) is 32.1. The zero-order valence-electron chi connectivity index (χ0n) is 29.0. The summed E-state index contributed by atoms with van der Waals surface area (Å²) in [6.07, 6.45) is 27.9. The van der Waals surface area contributed by atoms with Crippen molar-refractivity contribution in [3.63, 3.8) is 0 Å². The van der Waals surface area contributed by atoms with Gasteiger partial charge in [-0.25, -0.2) is 4.57 Å². The molecule has 0 heterocycles. The molecule has 258 valence electrons. The average Bonchev–Trinajstić information content (AvgIpc) is 2.95. The third kappa shape index (κ3) is 32.7. The largest absolute Gasteiger partial charge is 0.472 e. The van der Waals surface area contributed by atoms with Crippen molar-refractivity contribution in [2.24, 2.45) is 0 Å². The molecule has 0 aromatic heterocycles. The number of unbranched alkanes of at least 4 members (excludes halogenated alkanes) is 20. The van der Waals surface area contributed by atoms with E-state index in [2.05, 4.69) is 6.92 Å². The molecule has 0 fully saturated rings. The second kappa shape index (κ2) is 28.9. The van der Waals surface area contributed by atoms with Gasteiger partial charge in [-0.05, 0) is 6.42 Å². The number of nitrogens with zero attached hydrogens (tertiary/aromatic N) is 1. The maximum absolute atomic E-state index is 12.2. The third-order valence-corrected chi connectivity index (χ3v) is 8.71. The van der Waals surface area contributed by atoms with Gasteiger partial charge in [0.15, 0.2) is 0 Å². The quantitative estimate of drug-likeness (QED) is 0.0332. The van der Waals surface area contributed by atoms with Crippen LogP contribution in [0.3, 0.4) is 0 Å². The van der Waals surface area contributed by atoms with Gasteiger partial charge in [0.05, 0.1) is 34.4 Å². The van der Waals surface area contributed by atoms with E-state index in [9.17, 15) is 14.3 Å². The topological polar surface area (TPSA) is 91.3 Å². The fourth-order valence-corrected chi connectivity index (χ4v) is 5.62. The van der Waals surface area contributed by atoms with Gasteiger partial charge in [-0.3, -0.25) is 13.8 Å². The van der Waals surface area contributed by atoms with E-state index in [4.69, 9.17) is 18.5 Å². The molecule has 0 aliphatic heterocycles. The standard InChI is InChI=1S/C34H70NO7P/c1-6-8-9-10-11-12-13-14-15-16-17-18-19-20-21-22-23-24-25-26-27-29-39-31-33(42-34(36)7-2)32-41-43(37,38)40-30-28-35(3,4)5/h33H,6-32H2,1-5H3/p+1. The first kappa shape index (κ1) is 42.5. The Kier molecular flexibility index (Phi) is 28.6. The van der Waals surface area contributed by atoms with Crippen LogP contribution in [-0.4, -0.2) is 75.6 Å². The maximum atomic E-state index is 12.2. The average molecular weight is 637 g/mol. The Labute approximate surface area is 266 Å². The van der Waals surface area contributed by atoms with Crippen LogP contribution in [0.5, 0.6) is 0 Å². The highest BCUT2D eigenvalue weighted by atomic mass is 31.2. The molecule has 2 atom stereocenters. The summed E-state index contributed by atoms with van der Waals surface area (Å²) in [5.41, 5.74) is 0. The third-order valence-electron chi connectivity index (χ3n) is 7.72. The van der Waals surface area contributed by atoms with Crippen LogP contribution >= 0.6 is 7.82 Å². The molecule has 1 N–H and O–H groups in total. The number of carbonyl (C=O) groups excluding carboxylic acids is 1. The fraction of sp³-hybridized carbons (Fsp3) is 0.971. The van der Waals surface area contributed by atoms with Crippen molar-refractivity contribution in [2.45, 2.75) is 161 Å². The van der Waals surface area contributed by atoms with Crippen molar-refractivity contribution >= 4 is 13.8 Å². The van der Waals surface area contributed by atoms with Crippen LogP contribution < -0.4 is 0 Å². The first-order valence-corrected chi connectivity index (χ1v) is 19.3. The van der Waals surface area contributed by atoms with Crippen LogP contribution in [0.1, 0.15) is 155 Å². The number of esters is 1. The van der Waals surface area contributed by atoms with Gasteiger partial charge in [-0.1, -0.05) is 142 Å². The molecule has 8 nitrogen and oxygen atoms in total. The number of hydrogen-bond donors (Lipinski definition) is 1. The van der Waals surface area contributed by atoms with Crippen molar-refractivity contribution in [3.8, 4) is 0 Å². The van der Waals surface area contributed by atoms with E-state index in [1.807, 2.05) is 21.1 Å². The number of ether oxygens (including phenoxy) is 2. The first-order chi connectivity index (χ1) is 20.6. The highest BCUT2D eigenvalue weighted by Gasteiger charge is 2.26. The number of likely N-dealkylation sites (N-methyl/N-ethyl adjacent to an activating group) is 1. The number of quaternary nitrogens is 1. The molecule has 0 amide bonds. The minimum Gasteiger partial charge on any atom is -0.457 e. The van der Waals surface area contributed by atoms with E-state index in [0.29, 0.717) is 17.6 Å². The lowest BCUT2D eigenvalue weighted by molar-refractivity contribution is -0.870. The molecule has 2 unspecified atom stereocenters. The summed E-state index contributed by atoms with van der Waals surface area (Å²) in [5.74, 6) is -0.398. The smallest absolute Gasteiger partial charge is 0.457 e. The van der Waals surface area contributed by atoms with Gasteiger partial charge >= 0.3 is 13.8 Å². The zero-order valence-corrected chi connectivity index (χ0v) is 29.9. The predicted octanol–water partition coefficient (Wildman–Crippen LogP) is 9.38. The van der Waals surface area contributed by atoms with Gasteiger partial charge in [0, 0.05) is 13.0 Å². The molecule has 0 saturated carbocycles. The van der Waals surface area contributed by atoms with E-state index >= 15 is 0 Å². The molecule has 0 aromatic rings. The summed E-state index contributed by atoms with van der Waals surface area (Å²) in [4.78, 5) is 21.7. The van der Waals surface area contributed by atoms with Gasteiger partial charge < -0.3 is 18.9 Å². The maximum Gasteiger partial charge on any atom is 0.472 e. The van der Waals surface area contributed by atoms with Crippen molar-refractivity contribution in [2.75, 3.05) is 54.1 Å². The van der Waals surface area contributed by atoms with Crippen LogP contribution in [0.4, 0.5) is 0 Å². The van der Waals surface area contributed by atoms with Crippen molar-refractivity contribution in [1.29, 1.82) is 0 Å². The Hall–Kier alpha value is -0.500. The summed E-state index contributed by atoms with van der Waals surface area (Å²) in [5, 5.41) is 0. The molecule has 0 aliphatic rings. The van der Waals surface area contributed by atoms with Gasteiger partial charge in [0.2, 0.25) is 0 Å². The molecule has 0 aliphatic carbocycles. The number of phosphoric acid groups is 1. The summed E-state index contributed by atoms with van der Waals surface area (Å²) in [6.45, 7) is 5.08. The Morgan fingerprint density at radius 1 is 0.628 bits per heavy atom. The molecular weight excluding hydrogens is 565 g/mol. The Morgan fingerprint density at radius 2 is 1.05 bits per heavy atom. The molecule has 0 radical (unpaired) electrons. The molecule has 0 spiro atoms. The monoisotopic (exact) mass is 636 g/mol. The molecule has 0 rings (SSSR count). The van der Waals surface area contributed by atoms with E-state index in [1.54, 1.807) is 6.92 Å². The van der Waals surface area contributed by atoms with Crippen molar-refractivity contribution in [3.05, 3.63) is 0 Å². The molecule has 0 aromatic carbocycles. The van der Waals surface area contributed by atoms with Gasteiger partial charge in [-0.2, -0.15) is 0 Å². The van der Waals surface area contributed by atoms with E-state index in [0.717, 1.165) is 12.8 Å². The van der Waals surface area contributed by atoms with Crippen LogP contribution in [0.2, 0.25) is 0 Å². The Balaban J connectivity index is 3.66. The number of rotatable bonds is 33. The molecule has 43 heavy (non-hydrogen) atoms. The van der Waals surface area contributed by atoms with E-state index in [1.165, 1.54) is 122 Å². The first-order valence-electron chi connectivity index (χ1n) is 17.8. The normalized spacial score (nSPS) is 14.1. The van der Waals surface area contributed by atoms with Crippen LogP contribution in [-0.2, 0) is 27.9 Å². The Bertz CT molecular complexity index is 672. The second-order valence-corrected chi connectivity index (χ2v) is 14.7. The van der Waals surface area contributed by atoms with Gasteiger partial charge in [-0.15, -0.1) is 0 Å². The van der Waals surface area contributed by atoms with Crippen molar-refractivity contribution < 1.29 is 37.3 Å². The predicted molar refractivity (Wildman–Crippen MR) is 178 cm³/mol. The second-order valence-electron chi connectivity index (χ2n) is 13.2. The van der Waals surface area contributed by atoms with Crippen LogP contribution in [0.15, 0.2) is 0 Å². The molecular formula is C34H71NO7P+. The lowest BCUT2D eigenvalue weighted by atomic mass is 10.0. The van der Waals surface area contributed by atoms with Gasteiger partial charge in [0.1, 0.15) is 19.3 Å². The van der Waals surface area contributed by atoms with Gasteiger partial charge in [0.25, 0.3) is 0 Å². The molecule has 9 heteroatoms. The number of hydrogen-bond acceptors (Lipinski definition) is 6. The number of carbonyl (C=O) groups is 1. The minimum atomic E-state index is -4.22. The summed E-state index contributed by atoms with van der Waals surface area (Å²) < 4.78 is 33.9. The summed E-state index contributed by atoms with van der Waals surface area (Å²) in [6, 6.07) is 0. The molecule has 0 bridgehead atoms. The van der Waals surface area contributed by atoms with E-state index in [-0.39, 0.29) is 26.2 Å². The molecule has 0 saturated heterocycles. The summed E-state index contributed by atoms with van der Waals surface area (Å²) >= 11 is 0. The highest BCUT2D eigenvalue weighted by molar-refractivity contribution is 7.47. The fourth-order valence-electron chi connectivity index (χ4n) is 4.88. The van der Waals surface area contributed by atoms with E-state index < -0.39 is 19.9 Å².